The van der Waals surface area contributed by atoms with E-state index in [2.05, 4.69) is 38.1 Å². The van der Waals surface area contributed by atoms with Crippen molar-refractivity contribution >= 4 is 5.97 Å². The topological polar surface area (TPSA) is 35.5 Å². The van der Waals surface area contributed by atoms with Crippen LogP contribution in [0.5, 0.6) is 5.75 Å². The Morgan fingerprint density at radius 2 is 1.15 bits per heavy atom. The minimum absolute atomic E-state index is 0.0120. The third kappa shape index (κ3) is 11.3. The Balaban J connectivity index is 1.39. The van der Waals surface area contributed by atoms with E-state index >= 15 is 0 Å². The van der Waals surface area contributed by atoms with Crippen LogP contribution in [0, 0.1) is 0 Å². The van der Waals surface area contributed by atoms with Crippen LogP contribution in [0.4, 0.5) is 0 Å². The molecular formula is C37H50O3. The van der Waals surface area contributed by atoms with Gasteiger partial charge < -0.3 is 9.47 Å². The molecule has 0 aliphatic carbocycles. The van der Waals surface area contributed by atoms with Crippen LogP contribution in [-0.2, 0) is 11.2 Å². The van der Waals surface area contributed by atoms with Crippen molar-refractivity contribution in [3.8, 4) is 16.9 Å². The number of unbranched alkanes of at least 4 members (excludes halogenated alkanes) is 10. The maximum absolute atomic E-state index is 12.7. The molecule has 0 saturated heterocycles. The molecule has 3 aromatic rings. The number of hydrogen-bond acceptors (Lipinski definition) is 3. The highest BCUT2D eigenvalue weighted by molar-refractivity contribution is 5.91. The first-order chi connectivity index (χ1) is 19.6. The minimum Gasteiger partial charge on any atom is -0.423 e. The van der Waals surface area contributed by atoms with Crippen LogP contribution >= 0.6 is 0 Å². The number of benzene rings is 3. The van der Waals surface area contributed by atoms with Crippen molar-refractivity contribution in [2.24, 2.45) is 0 Å². The Bertz CT molecular complexity index is 1080. The van der Waals surface area contributed by atoms with Gasteiger partial charge in [-0.15, -0.1) is 0 Å². The second-order valence-corrected chi connectivity index (χ2v) is 11.0. The van der Waals surface area contributed by atoms with Crippen molar-refractivity contribution in [1.82, 2.24) is 0 Å². The molecule has 0 fully saturated rings. The number of rotatable bonds is 19. The predicted octanol–water partition coefficient (Wildman–Crippen LogP) is 10.9. The molecule has 0 N–H and O–H groups in total. The Kier molecular flexibility index (Phi) is 14.6. The fraction of sp³-hybridized carbons (Fsp3) is 0.486. The van der Waals surface area contributed by atoms with Crippen LogP contribution in [0.2, 0.25) is 0 Å². The van der Waals surface area contributed by atoms with Gasteiger partial charge in [-0.25, -0.2) is 4.79 Å². The van der Waals surface area contributed by atoms with Gasteiger partial charge in [0.25, 0.3) is 0 Å². The zero-order valence-corrected chi connectivity index (χ0v) is 25.1. The van der Waals surface area contributed by atoms with Gasteiger partial charge in [0.05, 0.1) is 11.7 Å². The highest BCUT2D eigenvalue weighted by Gasteiger charge is 2.11. The van der Waals surface area contributed by atoms with Crippen LogP contribution < -0.4 is 4.74 Å². The monoisotopic (exact) mass is 542 g/mol. The maximum atomic E-state index is 12.7. The molecular weight excluding hydrogens is 492 g/mol. The molecule has 3 aromatic carbocycles. The van der Waals surface area contributed by atoms with Crippen LogP contribution in [0.1, 0.15) is 125 Å². The molecule has 1 atom stereocenters. The number of aryl methyl sites for hydroxylation is 1. The number of hydrogen-bond donors (Lipinski definition) is 0. The molecule has 0 aliphatic heterocycles. The van der Waals surface area contributed by atoms with E-state index < -0.39 is 0 Å². The fourth-order valence-corrected chi connectivity index (χ4v) is 4.95. The summed E-state index contributed by atoms with van der Waals surface area (Å²) in [5.41, 5.74) is 5.29. The van der Waals surface area contributed by atoms with Gasteiger partial charge in [0.2, 0.25) is 0 Å². The molecule has 216 valence electrons. The van der Waals surface area contributed by atoms with Gasteiger partial charge in [-0.05, 0) is 72.7 Å². The third-order valence-corrected chi connectivity index (χ3v) is 7.65. The number of ether oxygens (including phenoxy) is 2. The molecule has 0 radical (unpaired) electrons. The van der Waals surface area contributed by atoms with E-state index in [0.717, 1.165) is 37.0 Å². The maximum Gasteiger partial charge on any atom is 0.343 e. The lowest BCUT2D eigenvalue weighted by atomic mass is 10.0. The van der Waals surface area contributed by atoms with Crippen molar-refractivity contribution in [1.29, 1.82) is 0 Å². The van der Waals surface area contributed by atoms with Crippen molar-refractivity contribution in [2.75, 3.05) is 6.61 Å². The molecule has 3 nitrogen and oxygen atoms in total. The van der Waals surface area contributed by atoms with Gasteiger partial charge >= 0.3 is 5.97 Å². The highest BCUT2D eigenvalue weighted by Crippen LogP contribution is 2.25. The first kappa shape index (κ1) is 31.6. The van der Waals surface area contributed by atoms with Crippen LogP contribution in [0.15, 0.2) is 72.8 Å². The second-order valence-electron chi connectivity index (χ2n) is 11.0. The van der Waals surface area contributed by atoms with Crippen molar-refractivity contribution < 1.29 is 14.3 Å². The number of carbonyl (C=O) groups is 1. The summed E-state index contributed by atoms with van der Waals surface area (Å²) < 4.78 is 11.5. The number of esters is 1. The third-order valence-electron chi connectivity index (χ3n) is 7.65. The van der Waals surface area contributed by atoms with E-state index in [0.29, 0.717) is 11.3 Å². The largest absolute Gasteiger partial charge is 0.423 e. The van der Waals surface area contributed by atoms with Crippen LogP contribution in [0.3, 0.4) is 0 Å². The zero-order valence-electron chi connectivity index (χ0n) is 25.1. The summed E-state index contributed by atoms with van der Waals surface area (Å²) in [7, 11) is 0. The minimum atomic E-state index is -0.352. The quantitative estimate of drug-likeness (QED) is 0.0858. The molecule has 3 rings (SSSR count). The van der Waals surface area contributed by atoms with Crippen LogP contribution in [-0.4, -0.2) is 12.6 Å². The lowest BCUT2D eigenvalue weighted by molar-refractivity contribution is 0.0635. The molecule has 0 spiro atoms. The average Bonchev–Trinajstić information content (AvgIpc) is 2.99. The van der Waals surface area contributed by atoms with E-state index in [1.54, 1.807) is 0 Å². The van der Waals surface area contributed by atoms with Crippen molar-refractivity contribution in [2.45, 2.75) is 110 Å². The van der Waals surface area contributed by atoms with E-state index in [4.69, 9.17) is 9.47 Å². The van der Waals surface area contributed by atoms with E-state index in [9.17, 15) is 4.79 Å². The molecule has 0 aromatic heterocycles. The van der Waals surface area contributed by atoms with E-state index in [1.165, 1.54) is 75.3 Å². The average molecular weight is 543 g/mol. The summed E-state index contributed by atoms with van der Waals surface area (Å²) >= 11 is 0. The van der Waals surface area contributed by atoms with Gasteiger partial charge in [0.1, 0.15) is 5.75 Å². The Morgan fingerprint density at radius 1 is 0.625 bits per heavy atom. The normalized spacial score (nSPS) is 11.9. The molecule has 0 aliphatic rings. The first-order valence-electron chi connectivity index (χ1n) is 15.7. The zero-order chi connectivity index (χ0) is 28.4. The molecule has 0 heterocycles. The summed E-state index contributed by atoms with van der Waals surface area (Å²) in [6.45, 7) is 7.22. The summed E-state index contributed by atoms with van der Waals surface area (Å²) in [6, 6.07) is 24.1. The van der Waals surface area contributed by atoms with Crippen LogP contribution in [0.25, 0.3) is 11.1 Å². The molecule has 0 saturated carbocycles. The summed E-state index contributed by atoms with van der Waals surface area (Å²) in [6.07, 6.45) is 17.0. The standard InChI is InChI=1S/C37H50O3/c1-4-6-8-9-10-11-12-13-14-15-16-31-17-19-33(20-18-31)34-25-27-36(28-26-34)40-37(38)35-23-21-32(22-24-35)30(3)39-29-7-5-2/h17-28,30H,4-16,29H2,1-3H3. The van der Waals surface area contributed by atoms with Gasteiger partial charge in [-0.2, -0.15) is 0 Å². The van der Waals surface area contributed by atoms with Gasteiger partial charge in [-0.1, -0.05) is 127 Å². The molecule has 40 heavy (non-hydrogen) atoms. The summed E-state index contributed by atoms with van der Waals surface area (Å²) in [5, 5.41) is 0. The van der Waals surface area contributed by atoms with Gasteiger partial charge in [0.15, 0.2) is 0 Å². The Morgan fingerprint density at radius 3 is 1.73 bits per heavy atom. The lowest BCUT2D eigenvalue weighted by Crippen LogP contribution is -2.09. The summed E-state index contributed by atoms with van der Waals surface area (Å²) in [5.74, 6) is 0.196. The number of carbonyl (C=O) groups excluding carboxylic acids is 1. The smallest absolute Gasteiger partial charge is 0.343 e. The Labute approximate surface area is 243 Å². The molecule has 0 amide bonds. The molecule has 1 unspecified atom stereocenters. The second kappa shape index (κ2) is 18.4. The predicted molar refractivity (Wildman–Crippen MR) is 168 cm³/mol. The Hall–Kier alpha value is -2.91. The SMILES string of the molecule is CCCCCCCCCCCCc1ccc(-c2ccc(OC(=O)c3ccc(C(C)OCCCC)cc3)cc2)cc1. The molecule has 3 heteroatoms. The van der Waals surface area contributed by atoms with Gasteiger partial charge in [0, 0.05) is 6.61 Å². The van der Waals surface area contributed by atoms with Gasteiger partial charge in [-0.3, -0.25) is 0 Å². The first-order valence-corrected chi connectivity index (χ1v) is 15.7. The van der Waals surface area contributed by atoms with E-state index in [1.807, 2.05) is 55.5 Å². The molecule has 0 bridgehead atoms. The fourth-order valence-electron chi connectivity index (χ4n) is 4.95. The van der Waals surface area contributed by atoms with Crippen molar-refractivity contribution in [3.63, 3.8) is 0 Å². The lowest BCUT2D eigenvalue weighted by Gasteiger charge is -2.13. The van der Waals surface area contributed by atoms with Crippen molar-refractivity contribution in [3.05, 3.63) is 89.5 Å². The summed E-state index contributed by atoms with van der Waals surface area (Å²) in [4.78, 5) is 12.7. The highest BCUT2D eigenvalue weighted by atomic mass is 16.5. The van der Waals surface area contributed by atoms with E-state index in [-0.39, 0.29) is 12.1 Å².